The summed E-state index contributed by atoms with van der Waals surface area (Å²) in [5.41, 5.74) is 3.63. The Kier molecular flexibility index (Phi) is 5.87. The number of anilines is 1. The van der Waals surface area contributed by atoms with Crippen molar-refractivity contribution in [2.75, 3.05) is 31.6 Å². The molecule has 1 atom stereocenters. The first-order valence-corrected chi connectivity index (χ1v) is 10.4. The van der Waals surface area contributed by atoms with Crippen molar-refractivity contribution in [3.05, 3.63) is 50.9 Å². The van der Waals surface area contributed by atoms with Gasteiger partial charge in [0.25, 0.3) is 5.56 Å². The zero-order valence-electron chi connectivity index (χ0n) is 17.3. The van der Waals surface area contributed by atoms with Gasteiger partial charge in [-0.1, -0.05) is 13.0 Å². The maximum Gasteiger partial charge on any atom is 0.255 e. The number of hydrogen-bond acceptors (Lipinski definition) is 6. The van der Waals surface area contributed by atoms with Crippen molar-refractivity contribution >= 4 is 5.95 Å². The molecule has 29 heavy (non-hydrogen) atoms. The molecular formula is C22H30N4O3. The normalized spacial score (nSPS) is 19.8. The van der Waals surface area contributed by atoms with Gasteiger partial charge in [-0.2, -0.15) is 0 Å². The highest BCUT2D eigenvalue weighted by Crippen LogP contribution is 2.24. The number of aliphatic hydroxyl groups excluding tert-OH is 1. The number of methoxy groups -OCH3 is 1. The van der Waals surface area contributed by atoms with Crippen LogP contribution >= 0.6 is 0 Å². The van der Waals surface area contributed by atoms with Crippen molar-refractivity contribution in [3.8, 4) is 5.75 Å². The van der Waals surface area contributed by atoms with Gasteiger partial charge in [0, 0.05) is 43.9 Å². The molecule has 7 nitrogen and oxygen atoms in total. The molecule has 2 N–H and O–H groups in total. The maximum absolute atomic E-state index is 12.6. The number of nitrogens with one attached hydrogen (secondary N) is 1. The van der Waals surface area contributed by atoms with Crippen LogP contribution in [0, 0.1) is 5.92 Å². The highest BCUT2D eigenvalue weighted by Gasteiger charge is 2.24. The van der Waals surface area contributed by atoms with Gasteiger partial charge in [0.15, 0.2) is 0 Å². The lowest BCUT2D eigenvalue weighted by Crippen LogP contribution is -2.39. The SMILES string of the molecule is COc1ccc(CN2CCc3c(nc(N4CCC[C@@H](C)C4)[nH]c3=O)C2)cc1CO. The summed E-state index contributed by atoms with van der Waals surface area (Å²) in [6, 6.07) is 5.91. The van der Waals surface area contributed by atoms with Gasteiger partial charge in [-0.3, -0.25) is 14.7 Å². The summed E-state index contributed by atoms with van der Waals surface area (Å²) in [5.74, 6) is 2.04. The number of aromatic amines is 1. The van der Waals surface area contributed by atoms with E-state index in [0.29, 0.717) is 30.6 Å². The third-order valence-electron chi connectivity index (χ3n) is 6.02. The first-order valence-electron chi connectivity index (χ1n) is 10.4. The highest BCUT2D eigenvalue weighted by atomic mass is 16.5. The fourth-order valence-electron chi connectivity index (χ4n) is 4.46. The molecule has 0 radical (unpaired) electrons. The number of piperidine rings is 1. The second-order valence-corrected chi connectivity index (χ2v) is 8.27. The van der Waals surface area contributed by atoms with E-state index in [2.05, 4.69) is 21.7 Å². The Labute approximate surface area is 171 Å². The van der Waals surface area contributed by atoms with Crippen molar-refractivity contribution in [2.24, 2.45) is 5.92 Å². The third kappa shape index (κ3) is 4.31. The van der Waals surface area contributed by atoms with E-state index < -0.39 is 0 Å². The van der Waals surface area contributed by atoms with Crippen LogP contribution in [0.3, 0.4) is 0 Å². The van der Waals surface area contributed by atoms with Crippen molar-refractivity contribution in [2.45, 2.75) is 45.9 Å². The second-order valence-electron chi connectivity index (χ2n) is 8.27. The molecule has 4 rings (SSSR count). The third-order valence-corrected chi connectivity index (χ3v) is 6.02. The lowest BCUT2D eigenvalue weighted by molar-refractivity contribution is 0.239. The van der Waals surface area contributed by atoms with E-state index in [1.54, 1.807) is 7.11 Å². The zero-order valence-corrected chi connectivity index (χ0v) is 17.3. The van der Waals surface area contributed by atoms with E-state index >= 15 is 0 Å². The van der Waals surface area contributed by atoms with E-state index in [4.69, 9.17) is 9.72 Å². The van der Waals surface area contributed by atoms with E-state index in [1.165, 1.54) is 6.42 Å². The van der Waals surface area contributed by atoms with Gasteiger partial charge in [0.2, 0.25) is 5.95 Å². The molecule has 2 aliphatic heterocycles. The van der Waals surface area contributed by atoms with Crippen LogP contribution in [0.25, 0.3) is 0 Å². The van der Waals surface area contributed by atoms with Crippen molar-refractivity contribution < 1.29 is 9.84 Å². The molecule has 1 aromatic heterocycles. The molecule has 1 aromatic carbocycles. The molecule has 3 heterocycles. The van der Waals surface area contributed by atoms with Crippen LogP contribution in [0.4, 0.5) is 5.95 Å². The molecule has 1 fully saturated rings. The molecule has 2 aromatic rings. The van der Waals surface area contributed by atoms with Crippen molar-refractivity contribution in [3.63, 3.8) is 0 Å². The number of fused-ring (bicyclic) bond motifs is 1. The summed E-state index contributed by atoms with van der Waals surface area (Å²) in [7, 11) is 1.61. The van der Waals surface area contributed by atoms with E-state index in [0.717, 1.165) is 55.0 Å². The zero-order chi connectivity index (χ0) is 20.4. The summed E-state index contributed by atoms with van der Waals surface area (Å²) in [4.78, 5) is 25.0. The summed E-state index contributed by atoms with van der Waals surface area (Å²) in [6.07, 6.45) is 3.08. The molecule has 0 saturated carbocycles. The summed E-state index contributed by atoms with van der Waals surface area (Å²) < 4.78 is 5.29. The standard InChI is InChI=1S/C22H30N4O3/c1-15-4-3-8-26(11-15)22-23-19-13-25(9-7-18(19)21(28)24-22)12-16-5-6-20(29-2)17(10-16)14-27/h5-6,10,15,27H,3-4,7-9,11-14H2,1-2H3,(H,23,24,28)/t15-/m1/s1. The average Bonchev–Trinajstić information content (AvgIpc) is 2.73. The summed E-state index contributed by atoms with van der Waals surface area (Å²) in [6.45, 7) is 6.33. The van der Waals surface area contributed by atoms with Gasteiger partial charge < -0.3 is 14.7 Å². The molecule has 7 heteroatoms. The predicted octanol–water partition coefficient (Wildman–Crippen LogP) is 2.07. The number of rotatable bonds is 5. The number of hydrogen-bond donors (Lipinski definition) is 2. The fourth-order valence-corrected chi connectivity index (χ4v) is 4.46. The Morgan fingerprint density at radius 1 is 1.34 bits per heavy atom. The first-order chi connectivity index (χ1) is 14.1. The van der Waals surface area contributed by atoms with Gasteiger partial charge in [-0.15, -0.1) is 0 Å². The van der Waals surface area contributed by atoms with Crippen LogP contribution < -0.4 is 15.2 Å². The number of aliphatic hydroxyl groups is 1. The lowest BCUT2D eigenvalue weighted by Gasteiger charge is -2.33. The minimum atomic E-state index is -0.0472. The Morgan fingerprint density at radius 3 is 2.97 bits per heavy atom. The number of aromatic nitrogens is 2. The monoisotopic (exact) mass is 398 g/mol. The molecular weight excluding hydrogens is 368 g/mol. The highest BCUT2D eigenvalue weighted by molar-refractivity contribution is 5.37. The molecule has 156 valence electrons. The number of benzene rings is 1. The van der Waals surface area contributed by atoms with Crippen LogP contribution in [0.1, 0.15) is 42.1 Å². The van der Waals surface area contributed by atoms with Gasteiger partial charge in [0.1, 0.15) is 5.75 Å². The minimum Gasteiger partial charge on any atom is -0.496 e. The van der Waals surface area contributed by atoms with Crippen LogP contribution in [-0.2, 0) is 26.1 Å². The van der Waals surface area contributed by atoms with E-state index in [1.807, 2.05) is 18.2 Å². The first kappa shape index (κ1) is 19.9. The van der Waals surface area contributed by atoms with Crippen molar-refractivity contribution in [1.82, 2.24) is 14.9 Å². The van der Waals surface area contributed by atoms with Gasteiger partial charge in [0.05, 0.1) is 19.4 Å². The van der Waals surface area contributed by atoms with Crippen LogP contribution in [-0.4, -0.2) is 46.7 Å². The van der Waals surface area contributed by atoms with Gasteiger partial charge in [-0.25, -0.2) is 4.98 Å². The van der Waals surface area contributed by atoms with Crippen LogP contribution in [0.2, 0.25) is 0 Å². The fraction of sp³-hybridized carbons (Fsp3) is 0.545. The lowest BCUT2D eigenvalue weighted by atomic mass is 10.0. The van der Waals surface area contributed by atoms with Crippen LogP contribution in [0.5, 0.6) is 5.75 Å². The second kappa shape index (κ2) is 8.55. The van der Waals surface area contributed by atoms with Gasteiger partial charge in [-0.05, 0) is 42.9 Å². The van der Waals surface area contributed by atoms with E-state index in [-0.39, 0.29) is 12.2 Å². The molecule has 0 unspecified atom stereocenters. The van der Waals surface area contributed by atoms with Crippen LogP contribution in [0.15, 0.2) is 23.0 Å². The maximum atomic E-state index is 12.6. The largest absolute Gasteiger partial charge is 0.496 e. The van der Waals surface area contributed by atoms with E-state index in [9.17, 15) is 9.90 Å². The number of nitrogens with zero attached hydrogens (tertiary/aromatic N) is 3. The minimum absolute atomic E-state index is 0.00916. The Bertz CT molecular complexity index is 927. The quantitative estimate of drug-likeness (QED) is 0.802. The number of ether oxygens (including phenoxy) is 1. The Morgan fingerprint density at radius 2 is 2.21 bits per heavy atom. The molecule has 0 bridgehead atoms. The summed E-state index contributed by atoms with van der Waals surface area (Å²) >= 11 is 0. The Hall–Kier alpha value is -2.38. The molecule has 2 aliphatic rings. The smallest absolute Gasteiger partial charge is 0.255 e. The molecule has 0 amide bonds. The molecule has 0 spiro atoms. The Balaban J connectivity index is 1.52. The van der Waals surface area contributed by atoms with Gasteiger partial charge >= 0.3 is 0 Å². The summed E-state index contributed by atoms with van der Waals surface area (Å²) in [5, 5.41) is 9.57. The molecule has 0 aliphatic carbocycles. The van der Waals surface area contributed by atoms with Crippen molar-refractivity contribution in [1.29, 1.82) is 0 Å². The topological polar surface area (TPSA) is 81.7 Å². The predicted molar refractivity (Wildman–Crippen MR) is 112 cm³/mol. The average molecular weight is 399 g/mol. The molecule has 1 saturated heterocycles. The number of H-pyrrole nitrogens is 1.